The van der Waals surface area contributed by atoms with Gasteiger partial charge in [0.15, 0.2) is 11.5 Å². The van der Waals surface area contributed by atoms with Crippen molar-refractivity contribution in [2.24, 2.45) is 0 Å². The lowest BCUT2D eigenvalue weighted by Crippen LogP contribution is -1.95. The van der Waals surface area contributed by atoms with Gasteiger partial charge in [-0.05, 0) is 12.1 Å². The maximum Gasteiger partial charge on any atom is 0.208 e. The highest BCUT2D eigenvalue weighted by Gasteiger charge is 2.07. The second kappa shape index (κ2) is 2.47. The zero-order valence-corrected chi connectivity index (χ0v) is 6.26. The van der Waals surface area contributed by atoms with Crippen LogP contribution in [0.3, 0.4) is 0 Å². The second-order valence-corrected chi connectivity index (χ2v) is 2.48. The lowest BCUT2D eigenvalue weighted by molar-refractivity contribution is 0.343. The normalized spacial score (nSPS) is 13.2. The van der Waals surface area contributed by atoms with Crippen molar-refractivity contribution in [3.63, 3.8) is 0 Å². The van der Waals surface area contributed by atoms with Gasteiger partial charge in [-0.15, -0.1) is 0 Å². The summed E-state index contributed by atoms with van der Waals surface area (Å²) >= 11 is 5.71. The third-order valence-electron chi connectivity index (χ3n) is 1.31. The predicted molar refractivity (Wildman–Crippen MR) is 40.5 cm³/mol. The van der Waals surface area contributed by atoms with Crippen LogP contribution in [0.4, 0.5) is 0 Å². The molecule has 0 unspecified atom stereocenters. The molecule has 1 aromatic carbocycles. The van der Waals surface area contributed by atoms with Crippen LogP contribution in [0.25, 0.3) is 0 Å². The van der Waals surface area contributed by atoms with Crippen molar-refractivity contribution >= 4 is 11.6 Å². The molecule has 0 fully saturated rings. The molecule has 0 spiro atoms. The van der Waals surface area contributed by atoms with Gasteiger partial charge in [0.2, 0.25) is 6.26 Å². The Morgan fingerprint density at radius 3 is 3.09 bits per heavy atom. The molecule has 2 rings (SSSR count). The average Bonchev–Trinajstić information content (AvgIpc) is 2.04. The fourth-order valence-corrected chi connectivity index (χ4v) is 0.995. The van der Waals surface area contributed by atoms with Gasteiger partial charge in [-0.25, -0.2) is 0 Å². The molecule has 0 saturated carbocycles. The highest BCUT2D eigenvalue weighted by Crippen LogP contribution is 2.32. The number of ether oxygens (including phenoxy) is 2. The van der Waals surface area contributed by atoms with E-state index in [0.29, 0.717) is 16.5 Å². The summed E-state index contributed by atoms with van der Waals surface area (Å²) in [6, 6.07) is 5.16. The Balaban J connectivity index is 2.48. The monoisotopic (exact) mass is 167 g/mol. The van der Waals surface area contributed by atoms with Crippen molar-refractivity contribution in [2.45, 2.75) is 0 Å². The van der Waals surface area contributed by atoms with Gasteiger partial charge in [-0.3, -0.25) is 0 Å². The Morgan fingerprint density at radius 2 is 2.18 bits per heavy atom. The summed E-state index contributed by atoms with van der Waals surface area (Å²) in [5.41, 5.74) is 0. The SMILES string of the molecule is Clc1ccc2c(c1)OC=[C]O2. The molecule has 1 heterocycles. The molecular weight excluding hydrogens is 164 g/mol. The number of rotatable bonds is 0. The van der Waals surface area contributed by atoms with Gasteiger partial charge in [0.1, 0.15) is 6.26 Å². The predicted octanol–water partition coefficient (Wildman–Crippen LogP) is 2.39. The first-order valence-electron chi connectivity index (χ1n) is 3.06. The summed E-state index contributed by atoms with van der Waals surface area (Å²) < 4.78 is 10.0. The minimum atomic E-state index is 0.622. The van der Waals surface area contributed by atoms with Gasteiger partial charge in [0.05, 0.1) is 0 Å². The Morgan fingerprint density at radius 1 is 1.27 bits per heavy atom. The standard InChI is InChI=1S/C8H4ClO2/c9-6-1-2-7-8(5-6)11-4-3-10-7/h1-2,4-5H. The van der Waals surface area contributed by atoms with E-state index in [4.69, 9.17) is 21.1 Å². The van der Waals surface area contributed by atoms with Crippen LogP contribution >= 0.6 is 11.6 Å². The lowest BCUT2D eigenvalue weighted by atomic mass is 10.3. The Hall–Kier alpha value is -1.15. The summed E-state index contributed by atoms with van der Waals surface area (Å²) in [4.78, 5) is 0. The van der Waals surface area contributed by atoms with E-state index < -0.39 is 0 Å². The molecule has 0 atom stereocenters. The van der Waals surface area contributed by atoms with Crippen LogP contribution in [-0.2, 0) is 0 Å². The van der Waals surface area contributed by atoms with Crippen LogP contribution in [0.5, 0.6) is 11.5 Å². The quantitative estimate of drug-likeness (QED) is 0.591. The first-order valence-corrected chi connectivity index (χ1v) is 3.44. The van der Waals surface area contributed by atoms with E-state index in [-0.39, 0.29) is 0 Å². The number of hydrogen-bond donors (Lipinski definition) is 0. The molecule has 0 aliphatic carbocycles. The zero-order chi connectivity index (χ0) is 7.68. The number of fused-ring (bicyclic) bond motifs is 1. The van der Waals surface area contributed by atoms with E-state index in [1.807, 2.05) is 0 Å². The van der Waals surface area contributed by atoms with E-state index in [9.17, 15) is 0 Å². The topological polar surface area (TPSA) is 18.5 Å². The third kappa shape index (κ3) is 1.17. The van der Waals surface area contributed by atoms with E-state index >= 15 is 0 Å². The van der Waals surface area contributed by atoms with Gasteiger partial charge in [0, 0.05) is 11.1 Å². The molecule has 11 heavy (non-hydrogen) atoms. The van der Waals surface area contributed by atoms with Crippen LogP contribution < -0.4 is 9.47 Å². The molecule has 0 aromatic heterocycles. The smallest absolute Gasteiger partial charge is 0.208 e. The fourth-order valence-electron chi connectivity index (χ4n) is 0.833. The van der Waals surface area contributed by atoms with Crippen molar-refractivity contribution in [1.82, 2.24) is 0 Å². The van der Waals surface area contributed by atoms with Crippen molar-refractivity contribution < 1.29 is 9.47 Å². The largest absolute Gasteiger partial charge is 0.457 e. The van der Waals surface area contributed by atoms with Crippen LogP contribution in [0, 0.1) is 6.26 Å². The van der Waals surface area contributed by atoms with E-state index in [1.54, 1.807) is 18.2 Å². The maximum absolute atomic E-state index is 5.71. The van der Waals surface area contributed by atoms with Crippen molar-refractivity contribution in [3.8, 4) is 11.5 Å². The van der Waals surface area contributed by atoms with Gasteiger partial charge in [-0.2, -0.15) is 0 Å². The number of benzene rings is 1. The van der Waals surface area contributed by atoms with Crippen LogP contribution in [0.1, 0.15) is 0 Å². The first-order chi connectivity index (χ1) is 5.36. The van der Waals surface area contributed by atoms with Gasteiger partial charge in [-0.1, -0.05) is 11.6 Å². The molecule has 0 amide bonds. The molecular formula is C8H4ClO2. The van der Waals surface area contributed by atoms with Gasteiger partial charge >= 0.3 is 0 Å². The van der Waals surface area contributed by atoms with E-state index in [1.165, 1.54) is 6.26 Å². The first kappa shape index (κ1) is 6.55. The third-order valence-corrected chi connectivity index (χ3v) is 1.54. The molecule has 1 aliphatic heterocycles. The minimum absolute atomic E-state index is 0.622. The maximum atomic E-state index is 5.71. The fraction of sp³-hybridized carbons (Fsp3) is 0. The molecule has 55 valence electrons. The molecule has 0 saturated heterocycles. The minimum Gasteiger partial charge on any atom is -0.457 e. The number of hydrogen-bond acceptors (Lipinski definition) is 2. The summed E-state index contributed by atoms with van der Waals surface area (Å²) in [7, 11) is 0. The molecule has 0 bridgehead atoms. The Bertz CT molecular complexity index is 307. The zero-order valence-electron chi connectivity index (χ0n) is 5.50. The average molecular weight is 168 g/mol. The molecule has 1 radical (unpaired) electrons. The Kier molecular flexibility index (Phi) is 1.47. The molecule has 0 N–H and O–H groups in total. The molecule has 1 aromatic rings. The summed E-state index contributed by atoms with van der Waals surface area (Å²) in [5, 5.41) is 0.627. The van der Waals surface area contributed by atoms with Crippen molar-refractivity contribution in [3.05, 3.63) is 35.7 Å². The summed E-state index contributed by atoms with van der Waals surface area (Å²) in [6.45, 7) is 0. The van der Waals surface area contributed by atoms with Crippen LogP contribution in [-0.4, -0.2) is 0 Å². The molecule has 3 heteroatoms. The Labute approximate surface area is 69.0 Å². The summed E-state index contributed by atoms with van der Waals surface area (Å²) in [6.07, 6.45) is 3.82. The van der Waals surface area contributed by atoms with Gasteiger partial charge < -0.3 is 9.47 Å². The second-order valence-electron chi connectivity index (χ2n) is 2.05. The summed E-state index contributed by atoms with van der Waals surface area (Å²) in [5.74, 6) is 1.26. The van der Waals surface area contributed by atoms with Crippen molar-refractivity contribution in [2.75, 3.05) is 0 Å². The van der Waals surface area contributed by atoms with E-state index in [0.717, 1.165) is 0 Å². The molecule has 2 nitrogen and oxygen atoms in total. The van der Waals surface area contributed by atoms with Crippen molar-refractivity contribution in [1.29, 1.82) is 0 Å². The van der Waals surface area contributed by atoms with Gasteiger partial charge in [0.25, 0.3) is 0 Å². The van der Waals surface area contributed by atoms with E-state index in [2.05, 4.69) is 6.26 Å². The highest BCUT2D eigenvalue weighted by molar-refractivity contribution is 6.30. The number of halogens is 1. The lowest BCUT2D eigenvalue weighted by Gasteiger charge is -2.10. The molecule has 1 aliphatic rings. The highest BCUT2D eigenvalue weighted by atomic mass is 35.5. The van der Waals surface area contributed by atoms with Crippen LogP contribution in [0.15, 0.2) is 24.5 Å². The van der Waals surface area contributed by atoms with Crippen LogP contribution in [0.2, 0.25) is 5.02 Å².